The van der Waals surface area contributed by atoms with E-state index < -0.39 is 5.97 Å². The molecule has 0 bridgehead atoms. The quantitative estimate of drug-likeness (QED) is 0.898. The Morgan fingerprint density at radius 1 is 1.42 bits per heavy atom. The van der Waals surface area contributed by atoms with Crippen LogP contribution in [0.1, 0.15) is 25.6 Å². The first-order valence-electron chi connectivity index (χ1n) is 8.04. The van der Waals surface area contributed by atoms with Gasteiger partial charge in [-0.25, -0.2) is 9.37 Å². The van der Waals surface area contributed by atoms with E-state index in [9.17, 15) is 14.0 Å². The summed E-state index contributed by atoms with van der Waals surface area (Å²) in [6.45, 7) is 2.65. The Labute approximate surface area is 138 Å². The van der Waals surface area contributed by atoms with Crippen molar-refractivity contribution >= 4 is 22.9 Å². The van der Waals surface area contributed by atoms with Gasteiger partial charge < -0.3 is 15.0 Å². The van der Waals surface area contributed by atoms with Crippen LogP contribution in [0.4, 0.5) is 4.39 Å². The number of carboxylic acid groups (broad SMARTS) is 1. The van der Waals surface area contributed by atoms with E-state index in [2.05, 4.69) is 9.97 Å². The lowest BCUT2D eigenvalue weighted by Crippen LogP contribution is -2.44. The fraction of sp³-hybridized carbons (Fsp3) is 0.471. The number of hydrogen-bond donors (Lipinski definition) is 2. The Bertz CT molecular complexity index is 774. The second-order valence-electron chi connectivity index (χ2n) is 6.42. The minimum absolute atomic E-state index is 0.000419. The number of imidazole rings is 1. The van der Waals surface area contributed by atoms with Crippen molar-refractivity contribution in [2.24, 2.45) is 11.8 Å². The molecule has 2 unspecified atom stereocenters. The van der Waals surface area contributed by atoms with Gasteiger partial charge in [0.1, 0.15) is 11.6 Å². The molecule has 0 spiro atoms. The molecule has 1 aliphatic rings. The van der Waals surface area contributed by atoms with Gasteiger partial charge in [0.2, 0.25) is 5.91 Å². The first kappa shape index (κ1) is 16.4. The minimum Gasteiger partial charge on any atom is -0.481 e. The number of carbonyl (C=O) groups is 2. The predicted molar refractivity (Wildman–Crippen MR) is 85.9 cm³/mol. The molecule has 1 amide bonds. The zero-order valence-electron chi connectivity index (χ0n) is 13.5. The number of H-pyrrole nitrogens is 1. The van der Waals surface area contributed by atoms with Crippen molar-refractivity contribution in [3.05, 3.63) is 29.8 Å². The molecule has 0 aliphatic carbocycles. The lowest BCUT2D eigenvalue weighted by molar-refractivity contribution is -0.139. The lowest BCUT2D eigenvalue weighted by atomic mass is 9.81. The van der Waals surface area contributed by atoms with Crippen LogP contribution in [0, 0.1) is 17.7 Å². The molecule has 1 fully saturated rings. The molecule has 2 atom stereocenters. The second-order valence-corrected chi connectivity index (χ2v) is 6.42. The fourth-order valence-corrected chi connectivity index (χ4v) is 3.47. The fourth-order valence-electron chi connectivity index (χ4n) is 3.47. The first-order chi connectivity index (χ1) is 11.4. The van der Waals surface area contributed by atoms with E-state index in [1.807, 2.05) is 0 Å². The average molecular weight is 333 g/mol. The molecule has 7 heteroatoms. The Balaban J connectivity index is 1.81. The van der Waals surface area contributed by atoms with Gasteiger partial charge in [-0.2, -0.15) is 0 Å². The molecule has 1 aromatic heterocycles. The molecular weight excluding hydrogens is 313 g/mol. The Hall–Kier alpha value is -2.44. The average Bonchev–Trinajstić information content (AvgIpc) is 2.89. The smallest absolute Gasteiger partial charge is 0.303 e. The van der Waals surface area contributed by atoms with Gasteiger partial charge in [0.15, 0.2) is 0 Å². The third-order valence-electron chi connectivity index (χ3n) is 4.72. The monoisotopic (exact) mass is 333 g/mol. The number of amides is 1. The van der Waals surface area contributed by atoms with Crippen LogP contribution in [0.2, 0.25) is 0 Å². The molecule has 24 heavy (non-hydrogen) atoms. The molecule has 2 aromatic rings. The zero-order valence-corrected chi connectivity index (χ0v) is 13.5. The highest BCUT2D eigenvalue weighted by molar-refractivity contribution is 5.75. The summed E-state index contributed by atoms with van der Waals surface area (Å²) in [5, 5.41) is 9.12. The molecule has 2 heterocycles. The number of piperidine rings is 1. The summed E-state index contributed by atoms with van der Waals surface area (Å²) in [6.07, 6.45) is 1.30. The summed E-state index contributed by atoms with van der Waals surface area (Å²) in [5.74, 6) is -0.441. The number of aliphatic carboxylic acids is 1. The Morgan fingerprint density at radius 2 is 2.21 bits per heavy atom. The molecule has 2 N–H and O–H groups in total. The summed E-state index contributed by atoms with van der Waals surface area (Å²) in [6, 6.07) is 4.36. The van der Waals surface area contributed by atoms with Crippen molar-refractivity contribution < 1.29 is 19.1 Å². The van der Waals surface area contributed by atoms with Gasteiger partial charge in [0.05, 0.1) is 11.0 Å². The molecule has 128 valence electrons. The number of nitrogens with zero attached hydrogens (tertiary/aromatic N) is 2. The van der Waals surface area contributed by atoms with Crippen LogP contribution in [-0.4, -0.2) is 44.9 Å². The van der Waals surface area contributed by atoms with Crippen molar-refractivity contribution in [3.8, 4) is 0 Å². The number of nitrogens with one attached hydrogen (secondary N) is 1. The summed E-state index contributed by atoms with van der Waals surface area (Å²) < 4.78 is 13.3. The zero-order chi connectivity index (χ0) is 17.3. The van der Waals surface area contributed by atoms with Crippen molar-refractivity contribution in [3.63, 3.8) is 0 Å². The highest BCUT2D eigenvalue weighted by atomic mass is 19.1. The Morgan fingerprint density at radius 3 is 2.92 bits per heavy atom. The van der Waals surface area contributed by atoms with Gasteiger partial charge in [-0.3, -0.25) is 9.59 Å². The van der Waals surface area contributed by atoms with Crippen molar-refractivity contribution in [2.45, 2.75) is 26.2 Å². The van der Waals surface area contributed by atoms with Crippen molar-refractivity contribution in [1.82, 2.24) is 14.9 Å². The van der Waals surface area contributed by atoms with E-state index in [-0.39, 0.29) is 30.0 Å². The standard InChI is InChI=1S/C17H20FN3O3/c1-10(22)21-5-4-11(7-17(23)24)12(9-21)6-16-19-14-3-2-13(18)8-15(14)20-16/h2-3,8,11-12H,4-7,9H2,1H3,(H,19,20)(H,23,24). The van der Waals surface area contributed by atoms with Gasteiger partial charge in [0, 0.05) is 32.9 Å². The molecule has 1 saturated heterocycles. The number of aromatic nitrogens is 2. The van der Waals surface area contributed by atoms with E-state index >= 15 is 0 Å². The van der Waals surface area contributed by atoms with Crippen LogP contribution in [0.3, 0.4) is 0 Å². The van der Waals surface area contributed by atoms with Crippen molar-refractivity contribution in [1.29, 1.82) is 0 Å². The summed E-state index contributed by atoms with van der Waals surface area (Å²) in [7, 11) is 0. The number of carbonyl (C=O) groups excluding carboxylic acids is 1. The maximum Gasteiger partial charge on any atom is 0.303 e. The number of halogens is 1. The van der Waals surface area contributed by atoms with Crippen LogP contribution in [-0.2, 0) is 16.0 Å². The number of fused-ring (bicyclic) bond motifs is 1. The van der Waals surface area contributed by atoms with Gasteiger partial charge in [-0.1, -0.05) is 0 Å². The molecule has 1 aromatic carbocycles. The molecular formula is C17H20FN3O3. The highest BCUT2D eigenvalue weighted by Gasteiger charge is 2.32. The minimum atomic E-state index is -0.826. The number of aromatic amines is 1. The molecule has 3 rings (SSSR count). The number of carboxylic acids is 1. The number of likely N-dealkylation sites (tertiary alicyclic amines) is 1. The normalized spacial score (nSPS) is 21.2. The third kappa shape index (κ3) is 3.55. The van der Waals surface area contributed by atoms with Crippen LogP contribution in [0.15, 0.2) is 18.2 Å². The SMILES string of the molecule is CC(=O)N1CCC(CC(=O)O)C(Cc2nc3ccc(F)cc3[nH]2)C1. The van der Waals surface area contributed by atoms with Crippen LogP contribution < -0.4 is 0 Å². The van der Waals surface area contributed by atoms with Crippen LogP contribution >= 0.6 is 0 Å². The van der Waals surface area contributed by atoms with E-state index in [1.165, 1.54) is 19.1 Å². The molecule has 0 saturated carbocycles. The Kier molecular flexibility index (Phi) is 4.51. The third-order valence-corrected chi connectivity index (χ3v) is 4.72. The van der Waals surface area contributed by atoms with Gasteiger partial charge in [-0.05, 0) is 36.5 Å². The van der Waals surface area contributed by atoms with Crippen molar-refractivity contribution in [2.75, 3.05) is 13.1 Å². The van der Waals surface area contributed by atoms with E-state index in [1.54, 1.807) is 11.0 Å². The number of rotatable bonds is 4. The van der Waals surface area contributed by atoms with Gasteiger partial charge in [-0.15, -0.1) is 0 Å². The molecule has 0 radical (unpaired) electrons. The van der Waals surface area contributed by atoms with Crippen LogP contribution in [0.5, 0.6) is 0 Å². The van der Waals surface area contributed by atoms with E-state index in [0.29, 0.717) is 42.8 Å². The van der Waals surface area contributed by atoms with Gasteiger partial charge in [0.25, 0.3) is 0 Å². The topological polar surface area (TPSA) is 86.3 Å². The van der Waals surface area contributed by atoms with Crippen LogP contribution in [0.25, 0.3) is 11.0 Å². The number of benzene rings is 1. The summed E-state index contributed by atoms with van der Waals surface area (Å²) >= 11 is 0. The number of hydrogen-bond acceptors (Lipinski definition) is 3. The largest absolute Gasteiger partial charge is 0.481 e. The second kappa shape index (κ2) is 6.59. The molecule has 1 aliphatic heterocycles. The highest BCUT2D eigenvalue weighted by Crippen LogP contribution is 2.29. The summed E-state index contributed by atoms with van der Waals surface area (Å²) in [4.78, 5) is 32.1. The molecule has 6 nitrogen and oxygen atoms in total. The van der Waals surface area contributed by atoms with E-state index in [0.717, 1.165) is 0 Å². The maximum absolute atomic E-state index is 13.3. The summed E-state index contributed by atoms with van der Waals surface area (Å²) in [5.41, 5.74) is 1.31. The first-order valence-corrected chi connectivity index (χ1v) is 8.04. The van der Waals surface area contributed by atoms with E-state index in [4.69, 9.17) is 5.11 Å². The lowest BCUT2D eigenvalue weighted by Gasteiger charge is -2.37. The van der Waals surface area contributed by atoms with Gasteiger partial charge >= 0.3 is 5.97 Å². The predicted octanol–water partition coefficient (Wildman–Crippen LogP) is 2.20. The maximum atomic E-state index is 13.3.